The van der Waals surface area contributed by atoms with Gasteiger partial charge in [-0.2, -0.15) is 0 Å². The van der Waals surface area contributed by atoms with E-state index in [-0.39, 0.29) is 25.0 Å². The molecule has 0 bridgehead atoms. The summed E-state index contributed by atoms with van der Waals surface area (Å²) >= 11 is 1.52. The van der Waals surface area contributed by atoms with Crippen LogP contribution in [0.4, 0.5) is 4.79 Å². The number of para-hydroxylation sites is 1. The number of hydrogen-bond acceptors (Lipinski definition) is 6. The quantitative estimate of drug-likeness (QED) is 0.770. The van der Waals surface area contributed by atoms with E-state index in [2.05, 4.69) is 10.3 Å². The van der Waals surface area contributed by atoms with Crippen LogP contribution < -0.4 is 5.32 Å². The van der Waals surface area contributed by atoms with Gasteiger partial charge in [0.2, 0.25) is 0 Å². The van der Waals surface area contributed by atoms with E-state index >= 15 is 0 Å². The molecule has 26 heavy (non-hydrogen) atoms. The maximum atomic E-state index is 12.2. The van der Waals surface area contributed by atoms with E-state index < -0.39 is 11.7 Å². The van der Waals surface area contributed by atoms with Gasteiger partial charge in [-0.15, -0.1) is 11.3 Å². The van der Waals surface area contributed by atoms with Gasteiger partial charge in [-0.25, -0.2) is 9.78 Å². The minimum Gasteiger partial charge on any atom is -0.458 e. The van der Waals surface area contributed by atoms with Crippen LogP contribution in [0.1, 0.15) is 45.0 Å². The number of alkyl carbamates (subject to hydrolysis) is 1. The summed E-state index contributed by atoms with van der Waals surface area (Å²) in [6.45, 7) is 5.59. The first kappa shape index (κ1) is 18.6. The fourth-order valence-corrected chi connectivity index (χ4v) is 3.54. The van der Waals surface area contributed by atoms with Crippen LogP contribution in [0, 0.1) is 5.92 Å². The van der Waals surface area contributed by atoms with Gasteiger partial charge in [-0.1, -0.05) is 12.1 Å². The number of fused-ring (bicyclic) bond motifs is 1. The molecule has 1 amide bonds. The third-order valence-corrected chi connectivity index (χ3v) is 4.98. The summed E-state index contributed by atoms with van der Waals surface area (Å²) in [4.78, 5) is 28.6. The van der Waals surface area contributed by atoms with E-state index in [1.165, 1.54) is 11.3 Å². The summed E-state index contributed by atoms with van der Waals surface area (Å²) in [5.41, 5.74) is 0.344. The van der Waals surface area contributed by atoms with Gasteiger partial charge in [-0.3, -0.25) is 4.79 Å². The highest BCUT2D eigenvalue weighted by Gasteiger charge is 2.35. The van der Waals surface area contributed by atoms with Gasteiger partial charge in [0.1, 0.15) is 17.2 Å². The highest BCUT2D eigenvalue weighted by atomic mass is 32.1. The molecule has 1 aliphatic carbocycles. The number of ether oxygens (including phenoxy) is 2. The van der Waals surface area contributed by atoms with Gasteiger partial charge >= 0.3 is 12.1 Å². The predicted octanol–water partition coefficient (Wildman–Crippen LogP) is 4.03. The summed E-state index contributed by atoms with van der Waals surface area (Å²) in [6, 6.07) is 7.57. The van der Waals surface area contributed by atoms with Crippen LogP contribution in [-0.4, -0.2) is 28.7 Å². The molecule has 2 aromatic rings. The summed E-state index contributed by atoms with van der Waals surface area (Å²) in [7, 11) is 0. The van der Waals surface area contributed by atoms with Crippen LogP contribution in [0.3, 0.4) is 0 Å². The lowest BCUT2D eigenvalue weighted by molar-refractivity contribution is -0.145. The minimum absolute atomic E-state index is 0.148. The Morgan fingerprint density at radius 2 is 2.04 bits per heavy atom. The third kappa shape index (κ3) is 5.42. The lowest BCUT2D eigenvalue weighted by atomic mass is 10.1. The average molecular weight is 376 g/mol. The van der Waals surface area contributed by atoms with Crippen molar-refractivity contribution in [1.82, 2.24) is 10.3 Å². The molecule has 3 rings (SSSR count). The maximum absolute atomic E-state index is 12.2. The zero-order chi connectivity index (χ0) is 18.7. The van der Waals surface area contributed by atoms with E-state index in [4.69, 9.17) is 9.47 Å². The molecular formula is C19H24N2O4S. The number of hydrogen-bond donors (Lipinski definition) is 1. The number of thiazole rings is 1. The Kier molecular flexibility index (Phi) is 5.46. The van der Waals surface area contributed by atoms with Crippen molar-refractivity contribution in [3.63, 3.8) is 0 Å². The Morgan fingerprint density at radius 1 is 1.31 bits per heavy atom. The van der Waals surface area contributed by atoms with Crippen LogP contribution in [0.2, 0.25) is 0 Å². The number of aromatic nitrogens is 1. The van der Waals surface area contributed by atoms with Crippen LogP contribution in [0.25, 0.3) is 10.2 Å². The first-order chi connectivity index (χ1) is 12.3. The second-order valence-corrected chi connectivity index (χ2v) is 8.65. The minimum atomic E-state index is -0.564. The lowest BCUT2D eigenvalue weighted by Crippen LogP contribution is -2.41. The molecule has 140 valence electrons. The monoisotopic (exact) mass is 376 g/mol. The number of carbonyl (C=O) groups is 2. The Bertz CT molecular complexity index is 759. The molecule has 0 spiro atoms. The Morgan fingerprint density at radius 3 is 2.69 bits per heavy atom. The van der Waals surface area contributed by atoms with E-state index in [1.54, 1.807) is 0 Å². The van der Waals surface area contributed by atoms with Gasteiger partial charge in [0.05, 0.1) is 16.6 Å². The summed E-state index contributed by atoms with van der Waals surface area (Å²) in [6.07, 6.45) is 1.67. The van der Waals surface area contributed by atoms with Crippen LogP contribution in [-0.2, 0) is 20.9 Å². The van der Waals surface area contributed by atoms with E-state index in [0.29, 0.717) is 5.92 Å². The number of esters is 1. The molecular weight excluding hydrogens is 352 g/mol. The molecule has 0 radical (unpaired) electrons. The number of nitrogens with zero attached hydrogens (tertiary/aromatic N) is 1. The lowest BCUT2D eigenvalue weighted by Gasteiger charge is -2.23. The number of nitrogens with one attached hydrogen (secondary N) is 1. The number of rotatable bonds is 6. The molecule has 1 fully saturated rings. The molecule has 0 unspecified atom stereocenters. The fourth-order valence-electron chi connectivity index (χ4n) is 2.66. The molecule has 1 aromatic carbocycles. The van der Waals surface area contributed by atoms with Crippen LogP contribution >= 0.6 is 11.3 Å². The molecule has 1 aromatic heterocycles. The number of amides is 1. The molecule has 1 N–H and O–H groups in total. The zero-order valence-electron chi connectivity index (χ0n) is 15.3. The molecule has 1 heterocycles. The van der Waals surface area contributed by atoms with E-state index in [0.717, 1.165) is 28.1 Å². The highest BCUT2D eigenvalue weighted by molar-refractivity contribution is 7.18. The maximum Gasteiger partial charge on any atom is 0.407 e. The normalized spacial score (nSPS) is 15.5. The Balaban J connectivity index is 1.51. The SMILES string of the molecule is CC(C)(C)OC(=O)N[C@H](CC(=O)OCc1nc2ccccc2s1)C1CC1. The van der Waals surface area contributed by atoms with Gasteiger partial charge in [0, 0.05) is 6.04 Å². The van der Waals surface area contributed by atoms with Gasteiger partial charge in [-0.05, 0) is 51.7 Å². The van der Waals surface area contributed by atoms with Crippen molar-refractivity contribution in [3.05, 3.63) is 29.3 Å². The summed E-state index contributed by atoms with van der Waals surface area (Å²) in [5, 5.41) is 3.58. The van der Waals surface area contributed by atoms with Gasteiger partial charge in [0.25, 0.3) is 0 Å². The largest absolute Gasteiger partial charge is 0.458 e. The highest BCUT2D eigenvalue weighted by Crippen LogP contribution is 2.34. The molecule has 1 atom stereocenters. The molecule has 0 aliphatic heterocycles. The van der Waals surface area contributed by atoms with Crippen molar-refractivity contribution in [3.8, 4) is 0 Å². The standard InChI is InChI=1S/C19H24N2O4S/c1-19(2,3)25-18(23)21-14(12-8-9-12)10-17(22)24-11-16-20-13-6-4-5-7-15(13)26-16/h4-7,12,14H,8-11H2,1-3H3,(H,21,23)/t14-/m1/s1. The number of carbonyl (C=O) groups excluding carboxylic acids is 2. The van der Waals surface area contributed by atoms with Crippen molar-refractivity contribution >= 4 is 33.6 Å². The summed E-state index contributed by atoms with van der Waals surface area (Å²) in [5.74, 6) is -0.0188. The van der Waals surface area contributed by atoms with Gasteiger partial charge < -0.3 is 14.8 Å². The average Bonchev–Trinajstić information content (AvgIpc) is 3.30. The third-order valence-electron chi connectivity index (χ3n) is 3.97. The fraction of sp³-hybridized carbons (Fsp3) is 0.526. The van der Waals surface area contributed by atoms with Crippen molar-refractivity contribution in [1.29, 1.82) is 0 Å². The smallest absolute Gasteiger partial charge is 0.407 e. The topological polar surface area (TPSA) is 77.5 Å². The first-order valence-electron chi connectivity index (χ1n) is 8.80. The van der Waals surface area contributed by atoms with Crippen LogP contribution in [0.5, 0.6) is 0 Å². The Labute approximate surface area is 156 Å². The Hall–Kier alpha value is -2.15. The summed E-state index contributed by atoms with van der Waals surface area (Å²) < 4.78 is 11.7. The molecule has 1 aliphatic rings. The predicted molar refractivity (Wildman–Crippen MR) is 99.9 cm³/mol. The van der Waals surface area contributed by atoms with Gasteiger partial charge in [0.15, 0.2) is 0 Å². The second kappa shape index (κ2) is 7.61. The van der Waals surface area contributed by atoms with Crippen LogP contribution in [0.15, 0.2) is 24.3 Å². The second-order valence-electron chi connectivity index (χ2n) is 7.53. The number of benzene rings is 1. The van der Waals surface area contributed by atoms with Crippen molar-refractivity contribution < 1.29 is 19.1 Å². The van der Waals surface area contributed by atoms with E-state index in [1.807, 2.05) is 45.0 Å². The molecule has 6 nitrogen and oxygen atoms in total. The first-order valence-corrected chi connectivity index (χ1v) is 9.61. The van der Waals surface area contributed by atoms with Crippen molar-refractivity contribution in [2.24, 2.45) is 5.92 Å². The molecule has 1 saturated carbocycles. The zero-order valence-corrected chi connectivity index (χ0v) is 16.1. The van der Waals surface area contributed by atoms with Crippen molar-refractivity contribution in [2.75, 3.05) is 0 Å². The molecule has 7 heteroatoms. The molecule has 0 saturated heterocycles. The van der Waals surface area contributed by atoms with Crippen molar-refractivity contribution in [2.45, 2.75) is 58.3 Å². The van der Waals surface area contributed by atoms with E-state index in [9.17, 15) is 9.59 Å².